The first kappa shape index (κ1) is 11.1. The number of hydrogen-bond donors (Lipinski definition) is 1. The molecule has 0 aliphatic heterocycles. The van der Waals surface area contributed by atoms with Gasteiger partial charge >= 0.3 is 5.97 Å². The van der Waals surface area contributed by atoms with Gasteiger partial charge in [0.15, 0.2) is 0 Å². The summed E-state index contributed by atoms with van der Waals surface area (Å²) in [6, 6.07) is 1.48. The monoisotopic (exact) mass is 235 g/mol. The van der Waals surface area contributed by atoms with Crippen LogP contribution in [0.3, 0.4) is 0 Å². The van der Waals surface area contributed by atoms with E-state index in [1.54, 1.807) is 0 Å². The molecule has 0 saturated heterocycles. The summed E-state index contributed by atoms with van der Waals surface area (Å²) in [4.78, 5) is 14.0. The Balaban J connectivity index is 2.55. The van der Waals surface area contributed by atoms with E-state index in [0.29, 0.717) is 5.02 Å². The molecule has 0 aromatic carbocycles. The molecular formula is C8H7Cl2NO3. The van der Waals surface area contributed by atoms with Gasteiger partial charge in [-0.3, -0.25) is 4.79 Å². The fraction of sp³-hybridized carbons (Fsp3) is 0.250. The number of carboxylic acids is 1. The van der Waals surface area contributed by atoms with E-state index >= 15 is 0 Å². The summed E-state index contributed by atoms with van der Waals surface area (Å²) >= 11 is 11.3. The molecule has 0 saturated carbocycles. The summed E-state index contributed by atoms with van der Waals surface area (Å²) in [5.41, 5.74) is 0. The first-order valence-electron chi connectivity index (χ1n) is 3.75. The second-order valence-electron chi connectivity index (χ2n) is 2.43. The second kappa shape index (κ2) is 5.02. The fourth-order valence-corrected chi connectivity index (χ4v) is 1.18. The highest BCUT2D eigenvalue weighted by Gasteiger charge is 2.05. The third-order valence-electron chi connectivity index (χ3n) is 1.33. The highest BCUT2D eigenvalue weighted by molar-refractivity contribution is 6.35. The highest BCUT2D eigenvalue weighted by atomic mass is 35.5. The smallest absolute Gasteiger partial charge is 0.306 e. The lowest BCUT2D eigenvalue weighted by molar-refractivity contribution is -0.137. The number of carboxylic acid groups (broad SMARTS) is 1. The summed E-state index contributed by atoms with van der Waals surface area (Å²) < 4.78 is 5.02. The minimum absolute atomic E-state index is 0.0314. The standard InChI is InChI=1S/C8H7Cl2NO3/c9-5-3-6(10)8(11-4-5)14-2-1-7(12)13/h3-4H,1-2H2,(H,12,13). The van der Waals surface area contributed by atoms with E-state index in [-0.39, 0.29) is 23.9 Å². The van der Waals surface area contributed by atoms with Crippen molar-refractivity contribution in [2.24, 2.45) is 0 Å². The largest absolute Gasteiger partial charge is 0.481 e. The molecule has 0 spiro atoms. The molecule has 1 N–H and O–H groups in total. The molecule has 0 aliphatic rings. The average Bonchev–Trinajstić information content (AvgIpc) is 2.08. The van der Waals surface area contributed by atoms with E-state index in [1.807, 2.05) is 0 Å². The average molecular weight is 236 g/mol. The molecular weight excluding hydrogens is 229 g/mol. The molecule has 6 heteroatoms. The van der Waals surface area contributed by atoms with Crippen LogP contribution in [0.25, 0.3) is 0 Å². The van der Waals surface area contributed by atoms with Crippen molar-refractivity contribution in [3.63, 3.8) is 0 Å². The van der Waals surface area contributed by atoms with Crippen LogP contribution in [0.4, 0.5) is 0 Å². The predicted octanol–water partition coefficient (Wildman–Crippen LogP) is 2.24. The molecule has 14 heavy (non-hydrogen) atoms. The summed E-state index contributed by atoms with van der Waals surface area (Å²) in [7, 11) is 0. The maximum atomic E-state index is 10.2. The maximum absolute atomic E-state index is 10.2. The van der Waals surface area contributed by atoms with Gasteiger partial charge < -0.3 is 9.84 Å². The van der Waals surface area contributed by atoms with Gasteiger partial charge in [0.25, 0.3) is 0 Å². The number of nitrogens with zero attached hydrogens (tertiary/aromatic N) is 1. The zero-order chi connectivity index (χ0) is 10.6. The Labute approximate surface area is 90.4 Å². The maximum Gasteiger partial charge on any atom is 0.306 e. The van der Waals surface area contributed by atoms with Gasteiger partial charge in [-0.25, -0.2) is 4.98 Å². The number of halogens is 2. The molecule has 4 nitrogen and oxygen atoms in total. The normalized spacial score (nSPS) is 9.86. The van der Waals surface area contributed by atoms with Crippen molar-refractivity contribution in [3.05, 3.63) is 22.3 Å². The minimum Gasteiger partial charge on any atom is -0.481 e. The van der Waals surface area contributed by atoms with Crippen LogP contribution in [0.5, 0.6) is 5.88 Å². The van der Waals surface area contributed by atoms with Gasteiger partial charge in [-0.05, 0) is 6.07 Å². The number of pyridine rings is 1. The number of ether oxygens (including phenoxy) is 1. The lowest BCUT2D eigenvalue weighted by Crippen LogP contribution is -2.05. The molecule has 1 heterocycles. The van der Waals surface area contributed by atoms with Crippen molar-refractivity contribution in [3.8, 4) is 5.88 Å². The number of rotatable bonds is 4. The van der Waals surface area contributed by atoms with E-state index in [4.69, 9.17) is 33.0 Å². The quantitative estimate of drug-likeness (QED) is 0.870. The topological polar surface area (TPSA) is 59.4 Å². The Hall–Kier alpha value is -1.000. The molecule has 0 aliphatic carbocycles. The molecule has 1 rings (SSSR count). The lowest BCUT2D eigenvalue weighted by atomic mass is 10.4. The summed E-state index contributed by atoms with van der Waals surface area (Å²) in [6.07, 6.45) is 1.28. The van der Waals surface area contributed by atoms with E-state index in [2.05, 4.69) is 4.98 Å². The van der Waals surface area contributed by atoms with Crippen molar-refractivity contribution in [2.45, 2.75) is 6.42 Å². The molecule has 0 unspecified atom stereocenters. The van der Waals surface area contributed by atoms with Crippen molar-refractivity contribution >= 4 is 29.2 Å². The third-order valence-corrected chi connectivity index (χ3v) is 1.81. The van der Waals surface area contributed by atoms with E-state index in [9.17, 15) is 4.79 Å². The summed E-state index contributed by atoms with van der Waals surface area (Å²) in [6.45, 7) is 0.0314. The molecule has 0 bridgehead atoms. The molecule has 1 aromatic heterocycles. The lowest BCUT2D eigenvalue weighted by Gasteiger charge is -2.04. The minimum atomic E-state index is -0.935. The molecule has 0 fully saturated rings. The zero-order valence-electron chi connectivity index (χ0n) is 7.04. The van der Waals surface area contributed by atoms with Gasteiger partial charge in [-0.1, -0.05) is 23.2 Å². The van der Waals surface area contributed by atoms with Crippen LogP contribution in [-0.2, 0) is 4.79 Å². The van der Waals surface area contributed by atoms with Crippen molar-refractivity contribution in [2.75, 3.05) is 6.61 Å². The van der Waals surface area contributed by atoms with E-state index < -0.39 is 5.97 Å². The SMILES string of the molecule is O=C(O)CCOc1ncc(Cl)cc1Cl. The molecule has 76 valence electrons. The third kappa shape index (κ3) is 3.40. The Morgan fingerprint density at radius 1 is 1.57 bits per heavy atom. The second-order valence-corrected chi connectivity index (χ2v) is 3.28. The Kier molecular flexibility index (Phi) is 3.98. The summed E-state index contributed by atoms with van der Waals surface area (Å²) in [5, 5.41) is 9.02. The number of hydrogen-bond acceptors (Lipinski definition) is 3. The summed E-state index contributed by atoms with van der Waals surface area (Å²) in [5.74, 6) is -0.743. The first-order chi connectivity index (χ1) is 6.59. The van der Waals surface area contributed by atoms with Crippen LogP contribution in [0.2, 0.25) is 10.0 Å². The number of carbonyl (C=O) groups is 1. The number of aromatic nitrogens is 1. The Bertz CT molecular complexity index is 343. The Morgan fingerprint density at radius 3 is 2.86 bits per heavy atom. The number of aliphatic carboxylic acids is 1. The van der Waals surface area contributed by atoms with Crippen LogP contribution in [-0.4, -0.2) is 22.7 Å². The molecule has 1 aromatic rings. The van der Waals surface area contributed by atoms with E-state index in [1.165, 1.54) is 12.3 Å². The zero-order valence-corrected chi connectivity index (χ0v) is 8.55. The van der Waals surface area contributed by atoms with Gasteiger partial charge in [-0.15, -0.1) is 0 Å². The van der Waals surface area contributed by atoms with Gasteiger partial charge in [0.1, 0.15) is 11.6 Å². The molecule has 0 amide bonds. The molecule has 0 atom stereocenters. The van der Waals surface area contributed by atoms with Crippen LogP contribution in [0.15, 0.2) is 12.3 Å². The van der Waals surface area contributed by atoms with Crippen molar-refractivity contribution in [1.29, 1.82) is 0 Å². The van der Waals surface area contributed by atoms with Gasteiger partial charge in [-0.2, -0.15) is 0 Å². The highest BCUT2D eigenvalue weighted by Crippen LogP contribution is 2.24. The first-order valence-corrected chi connectivity index (χ1v) is 4.51. The van der Waals surface area contributed by atoms with Gasteiger partial charge in [0.05, 0.1) is 11.4 Å². The van der Waals surface area contributed by atoms with Crippen molar-refractivity contribution in [1.82, 2.24) is 4.98 Å². The van der Waals surface area contributed by atoms with Crippen LogP contribution >= 0.6 is 23.2 Å². The van der Waals surface area contributed by atoms with Crippen LogP contribution in [0.1, 0.15) is 6.42 Å². The predicted molar refractivity (Wildman–Crippen MR) is 52.0 cm³/mol. The Morgan fingerprint density at radius 2 is 2.29 bits per heavy atom. The van der Waals surface area contributed by atoms with Gasteiger partial charge in [0, 0.05) is 6.20 Å². The van der Waals surface area contributed by atoms with Crippen LogP contribution < -0.4 is 4.74 Å². The molecule has 0 radical (unpaired) electrons. The fourth-order valence-electron chi connectivity index (χ4n) is 0.743. The van der Waals surface area contributed by atoms with Crippen molar-refractivity contribution < 1.29 is 14.6 Å². The van der Waals surface area contributed by atoms with E-state index in [0.717, 1.165) is 0 Å². The van der Waals surface area contributed by atoms with Gasteiger partial charge in [0.2, 0.25) is 5.88 Å². The van der Waals surface area contributed by atoms with Crippen LogP contribution in [0, 0.1) is 0 Å².